The van der Waals surface area contributed by atoms with Crippen LogP contribution in [0.4, 0.5) is 0 Å². The highest BCUT2D eigenvalue weighted by Gasteiger charge is 2.33. The molecule has 1 N–H and O–H groups in total. The van der Waals surface area contributed by atoms with Gasteiger partial charge in [0.25, 0.3) is 0 Å². The quantitative estimate of drug-likeness (QED) is 0.562. The van der Waals surface area contributed by atoms with Gasteiger partial charge in [0.2, 0.25) is 11.8 Å². The molecular formula is C21H22N6O2S. The lowest BCUT2D eigenvalue weighted by Crippen LogP contribution is -2.35. The Morgan fingerprint density at radius 2 is 2.27 bits per heavy atom. The SMILES string of the molecule is C=CCN1CC(C(=O)NCCn2ncc(-c3cnccn3)c2-c2cccs2)CC1=O. The van der Waals surface area contributed by atoms with E-state index in [1.807, 2.05) is 22.2 Å². The molecule has 30 heavy (non-hydrogen) atoms. The first kappa shape index (κ1) is 20.0. The Kier molecular flexibility index (Phi) is 5.99. The topological polar surface area (TPSA) is 93.0 Å². The van der Waals surface area contributed by atoms with E-state index in [1.54, 1.807) is 47.1 Å². The number of likely N-dealkylation sites (tertiary alicyclic amines) is 1. The molecule has 0 spiro atoms. The molecule has 4 rings (SSSR count). The van der Waals surface area contributed by atoms with Crippen LogP contribution in [0.25, 0.3) is 21.8 Å². The van der Waals surface area contributed by atoms with Crippen LogP contribution in [-0.4, -0.2) is 56.1 Å². The first-order chi connectivity index (χ1) is 14.7. The second kappa shape index (κ2) is 9.00. The van der Waals surface area contributed by atoms with Crippen LogP contribution in [-0.2, 0) is 16.1 Å². The van der Waals surface area contributed by atoms with E-state index >= 15 is 0 Å². The van der Waals surface area contributed by atoms with E-state index in [0.29, 0.717) is 26.2 Å². The molecule has 1 unspecified atom stereocenters. The van der Waals surface area contributed by atoms with Crippen molar-refractivity contribution in [1.82, 2.24) is 30.0 Å². The fourth-order valence-electron chi connectivity index (χ4n) is 3.56. The molecule has 1 fully saturated rings. The van der Waals surface area contributed by atoms with Crippen LogP contribution in [0.2, 0.25) is 0 Å². The first-order valence-corrected chi connectivity index (χ1v) is 10.6. The summed E-state index contributed by atoms with van der Waals surface area (Å²) in [5, 5.41) is 9.49. The van der Waals surface area contributed by atoms with Crippen molar-refractivity contribution >= 4 is 23.2 Å². The van der Waals surface area contributed by atoms with Gasteiger partial charge in [-0.2, -0.15) is 5.10 Å². The molecule has 154 valence electrons. The van der Waals surface area contributed by atoms with Crippen LogP contribution < -0.4 is 5.32 Å². The van der Waals surface area contributed by atoms with Gasteiger partial charge in [0, 0.05) is 44.0 Å². The fourth-order valence-corrected chi connectivity index (χ4v) is 4.35. The fraction of sp³-hybridized carbons (Fsp3) is 0.286. The van der Waals surface area contributed by atoms with E-state index in [9.17, 15) is 9.59 Å². The zero-order chi connectivity index (χ0) is 20.9. The lowest BCUT2D eigenvalue weighted by atomic mass is 10.1. The summed E-state index contributed by atoms with van der Waals surface area (Å²) in [6, 6.07) is 4.03. The van der Waals surface area contributed by atoms with Crippen LogP contribution >= 0.6 is 11.3 Å². The third kappa shape index (κ3) is 4.16. The molecule has 4 heterocycles. The van der Waals surface area contributed by atoms with Crippen LogP contribution in [0.3, 0.4) is 0 Å². The number of nitrogens with one attached hydrogen (secondary N) is 1. The van der Waals surface area contributed by atoms with Crippen LogP contribution in [0.15, 0.2) is 55.0 Å². The summed E-state index contributed by atoms with van der Waals surface area (Å²) in [5.41, 5.74) is 2.61. The maximum absolute atomic E-state index is 12.5. The van der Waals surface area contributed by atoms with Crippen molar-refractivity contribution in [2.24, 2.45) is 5.92 Å². The summed E-state index contributed by atoms with van der Waals surface area (Å²) in [7, 11) is 0. The average molecular weight is 423 g/mol. The number of nitrogens with zero attached hydrogens (tertiary/aromatic N) is 5. The Bertz CT molecular complexity index is 1030. The van der Waals surface area contributed by atoms with Crippen molar-refractivity contribution in [3.8, 4) is 21.8 Å². The maximum Gasteiger partial charge on any atom is 0.225 e. The van der Waals surface area contributed by atoms with Gasteiger partial charge >= 0.3 is 0 Å². The predicted octanol–water partition coefficient (Wildman–Crippen LogP) is 2.22. The number of amides is 2. The molecule has 1 aliphatic heterocycles. The molecule has 9 heteroatoms. The highest BCUT2D eigenvalue weighted by Crippen LogP contribution is 2.33. The normalized spacial score (nSPS) is 16.1. The van der Waals surface area contributed by atoms with Crippen molar-refractivity contribution in [2.75, 3.05) is 19.6 Å². The van der Waals surface area contributed by atoms with Crippen molar-refractivity contribution in [2.45, 2.75) is 13.0 Å². The average Bonchev–Trinajstić information content (AvgIpc) is 3.49. The van der Waals surface area contributed by atoms with E-state index in [1.165, 1.54) is 0 Å². The lowest BCUT2D eigenvalue weighted by Gasteiger charge is -2.14. The van der Waals surface area contributed by atoms with Gasteiger partial charge < -0.3 is 10.2 Å². The smallest absolute Gasteiger partial charge is 0.225 e. The van der Waals surface area contributed by atoms with Gasteiger partial charge in [0.05, 0.1) is 41.1 Å². The molecule has 0 bridgehead atoms. The number of carbonyl (C=O) groups excluding carboxylic acids is 2. The van der Waals surface area contributed by atoms with Gasteiger partial charge in [-0.3, -0.25) is 24.2 Å². The molecule has 2 amide bonds. The minimum Gasteiger partial charge on any atom is -0.354 e. The zero-order valence-electron chi connectivity index (χ0n) is 16.4. The Morgan fingerprint density at radius 1 is 1.37 bits per heavy atom. The first-order valence-electron chi connectivity index (χ1n) is 9.70. The second-order valence-electron chi connectivity index (χ2n) is 6.98. The van der Waals surface area contributed by atoms with Gasteiger partial charge in [-0.25, -0.2) is 0 Å². The standard InChI is InChI=1S/C21H22N6O2S/c1-2-8-26-14-15(11-19(26)28)21(29)24-7-9-27-20(18-4-3-10-30-18)16(12-25-27)17-13-22-5-6-23-17/h2-6,10,12-13,15H,1,7-9,11,14H2,(H,24,29). The Hall–Kier alpha value is -3.33. The molecule has 0 radical (unpaired) electrons. The summed E-state index contributed by atoms with van der Waals surface area (Å²) < 4.78 is 1.87. The largest absolute Gasteiger partial charge is 0.354 e. The van der Waals surface area contributed by atoms with Crippen LogP contribution in [0.5, 0.6) is 0 Å². The van der Waals surface area contributed by atoms with Gasteiger partial charge in [-0.05, 0) is 11.4 Å². The Morgan fingerprint density at radius 3 is 3.00 bits per heavy atom. The summed E-state index contributed by atoms with van der Waals surface area (Å²) >= 11 is 1.62. The van der Waals surface area contributed by atoms with E-state index in [2.05, 4.69) is 27.0 Å². The summed E-state index contributed by atoms with van der Waals surface area (Å²) in [6.07, 6.45) is 8.72. The van der Waals surface area contributed by atoms with Crippen molar-refractivity contribution in [1.29, 1.82) is 0 Å². The van der Waals surface area contributed by atoms with E-state index in [4.69, 9.17) is 0 Å². The maximum atomic E-state index is 12.5. The molecule has 1 saturated heterocycles. The number of aromatic nitrogens is 4. The molecule has 8 nitrogen and oxygen atoms in total. The summed E-state index contributed by atoms with van der Waals surface area (Å²) in [6.45, 7) is 5.50. The summed E-state index contributed by atoms with van der Waals surface area (Å²) in [5.74, 6) is -0.424. The number of thiophene rings is 1. The zero-order valence-corrected chi connectivity index (χ0v) is 17.2. The van der Waals surface area contributed by atoms with Gasteiger partial charge in [0.1, 0.15) is 0 Å². The highest BCUT2D eigenvalue weighted by atomic mass is 32.1. The molecule has 0 aliphatic carbocycles. The van der Waals surface area contributed by atoms with Crippen molar-refractivity contribution in [3.05, 3.63) is 55.0 Å². The van der Waals surface area contributed by atoms with E-state index in [-0.39, 0.29) is 24.2 Å². The van der Waals surface area contributed by atoms with Crippen LogP contribution in [0.1, 0.15) is 6.42 Å². The van der Waals surface area contributed by atoms with Crippen molar-refractivity contribution in [3.63, 3.8) is 0 Å². The second-order valence-corrected chi connectivity index (χ2v) is 7.93. The number of carbonyl (C=O) groups is 2. The summed E-state index contributed by atoms with van der Waals surface area (Å²) in [4.78, 5) is 35.8. The lowest BCUT2D eigenvalue weighted by molar-refractivity contribution is -0.128. The van der Waals surface area contributed by atoms with Crippen LogP contribution in [0, 0.1) is 5.92 Å². The molecule has 3 aromatic heterocycles. The molecule has 0 aromatic carbocycles. The number of hydrogen-bond donors (Lipinski definition) is 1. The van der Waals surface area contributed by atoms with Gasteiger partial charge in [-0.15, -0.1) is 17.9 Å². The minimum absolute atomic E-state index is 0.00396. The van der Waals surface area contributed by atoms with E-state index in [0.717, 1.165) is 21.8 Å². The molecule has 0 saturated carbocycles. The molecule has 1 atom stereocenters. The number of hydrogen-bond acceptors (Lipinski definition) is 6. The number of rotatable bonds is 8. The molecule has 1 aliphatic rings. The van der Waals surface area contributed by atoms with Gasteiger partial charge in [0.15, 0.2) is 0 Å². The third-order valence-corrected chi connectivity index (χ3v) is 5.87. The Labute approximate surface area is 178 Å². The Balaban J connectivity index is 1.44. The third-order valence-electron chi connectivity index (χ3n) is 4.99. The monoisotopic (exact) mass is 422 g/mol. The predicted molar refractivity (Wildman–Crippen MR) is 114 cm³/mol. The van der Waals surface area contributed by atoms with Crippen molar-refractivity contribution < 1.29 is 9.59 Å². The van der Waals surface area contributed by atoms with Gasteiger partial charge in [-0.1, -0.05) is 12.1 Å². The highest BCUT2D eigenvalue weighted by molar-refractivity contribution is 7.13. The minimum atomic E-state index is -0.318. The molecular weight excluding hydrogens is 400 g/mol. The molecule has 3 aromatic rings. The van der Waals surface area contributed by atoms with E-state index < -0.39 is 0 Å².